The third-order valence-corrected chi connectivity index (χ3v) is 5.03. The lowest BCUT2D eigenvalue weighted by atomic mass is 10.1. The maximum absolute atomic E-state index is 12.3. The molecule has 0 aromatic heterocycles. The number of rotatable bonds is 10. The maximum Gasteiger partial charge on any atom is 0.265 e. The van der Waals surface area contributed by atoms with Crippen LogP contribution < -0.4 is 15.0 Å². The van der Waals surface area contributed by atoms with Crippen molar-refractivity contribution in [2.75, 3.05) is 37.7 Å². The SMILES string of the molecule is CCN(CC)CCC[C@H](C)NC(=O)CCN1C(=O)COc2cc(C)ccc21. The molecule has 0 spiro atoms. The number of amides is 2. The third kappa shape index (κ3) is 6.24. The minimum atomic E-state index is -0.105. The fourth-order valence-electron chi connectivity index (χ4n) is 3.35. The number of nitrogens with zero attached hydrogens (tertiary/aromatic N) is 2. The van der Waals surface area contributed by atoms with Gasteiger partial charge in [-0.3, -0.25) is 9.59 Å². The van der Waals surface area contributed by atoms with E-state index in [1.54, 1.807) is 4.90 Å². The molecule has 2 amide bonds. The molecule has 2 rings (SSSR count). The van der Waals surface area contributed by atoms with Crippen LogP contribution in [0, 0.1) is 6.92 Å². The molecule has 0 fully saturated rings. The van der Waals surface area contributed by atoms with E-state index in [9.17, 15) is 9.59 Å². The van der Waals surface area contributed by atoms with E-state index in [2.05, 4.69) is 24.1 Å². The molecule has 0 saturated carbocycles. The molecule has 0 aliphatic carbocycles. The first-order valence-electron chi connectivity index (χ1n) is 10.00. The summed E-state index contributed by atoms with van der Waals surface area (Å²) in [7, 11) is 0. The average molecular weight is 376 g/mol. The second-order valence-electron chi connectivity index (χ2n) is 7.19. The van der Waals surface area contributed by atoms with Gasteiger partial charge in [-0.25, -0.2) is 0 Å². The van der Waals surface area contributed by atoms with Crippen LogP contribution in [0.4, 0.5) is 5.69 Å². The molecule has 0 unspecified atom stereocenters. The van der Waals surface area contributed by atoms with Gasteiger partial charge in [-0.15, -0.1) is 0 Å². The molecule has 6 heteroatoms. The summed E-state index contributed by atoms with van der Waals surface area (Å²) in [5.74, 6) is 0.587. The molecule has 1 heterocycles. The summed E-state index contributed by atoms with van der Waals surface area (Å²) in [6, 6.07) is 5.90. The highest BCUT2D eigenvalue weighted by molar-refractivity contribution is 5.98. The summed E-state index contributed by atoms with van der Waals surface area (Å²) in [6.45, 7) is 11.9. The van der Waals surface area contributed by atoms with Gasteiger partial charge in [0.05, 0.1) is 5.69 Å². The quantitative estimate of drug-likeness (QED) is 0.683. The number of aryl methyl sites for hydroxylation is 1. The van der Waals surface area contributed by atoms with Crippen molar-refractivity contribution in [1.82, 2.24) is 10.2 Å². The van der Waals surface area contributed by atoms with E-state index < -0.39 is 0 Å². The summed E-state index contributed by atoms with van der Waals surface area (Å²) < 4.78 is 5.50. The highest BCUT2D eigenvalue weighted by atomic mass is 16.5. The maximum atomic E-state index is 12.3. The van der Waals surface area contributed by atoms with Gasteiger partial charge in [-0.1, -0.05) is 19.9 Å². The average Bonchev–Trinajstić information content (AvgIpc) is 2.64. The predicted octanol–water partition coefficient (Wildman–Crippen LogP) is 2.74. The molecule has 27 heavy (non-hydrogen) atoms. The Morgan fingerprint density at radius 3 is 2.78 bits per heavy atom. The molecule has 1 atom stereocenters. The minimum Gasteiger partial charge on any atom is -0.482 e. The van der Waals surface area contributed by atoms with Crippen molar-refractivity contribution in [2.24, 2.45) is 0 Å². The monoisotopic (exact) mass is 375 g/mol. The lowest BCUT2D eigenvalue weighted by molar-refractivity contribution is -0.122. The topological polar surface area (TPSA) is 61.9 Å². The molecule has 0 saturated heterocycles. The van der Waals surface area contributed by atoms with Gasteiger partial charge < -0.3 is 19.9 Å². The van der Waals surface area contributed by atoms with Crippen molar-refractivity contribution in [3.8, 4) is 5.75 Å². The van der Waals surface area contributed by atoms with Crippen molar-refractivity contribution in [1.29, 1.82) is 0 Å². The lowest BCUT2D eigenvalue weighted by Gasteiger charge is -2.29. The number of hydrogen-bond acceptors (Lipinski definition) is 4. The van der Waals surface area contributed by atoms with E-state index in [0.717, 1.165) is 43.7 Å². The molecule has 0 bridgehead atoms. The smallest absolute Gasteiger partial charge is 0.265 e. The summed E-state index contributed by atoms with van der Waals surface area (Å²) in [5, 5.41) is 3.05. The zero-order valence-electron chi connectivity index (χ0n) is 17.1. The molecule has 1 N–H and O–H groups in total. The fourth-order valence-corrected chi connectivity index (χ4v) is 3.35. The van der Waals surface area contributed by atoms with Crippen LogP contribution in [0.5, 0.6) is 5.75 Å². The largest absolute Gasteiger partial charge is 0.482 e. The second-order valence-corrected chi connectivity index (χ2v) is 7.19. The summed E-state index contributed by atoms with van der Waals surface area (Å²) in [4.78, 5) is 28.5. The van der Waals surface area contributed by atoms with Gasteiger partial charge in [0.1, 0.15) is 5.75 Å². The van der Waals surface area contributed by atoms with Crippen LogP contribution in [0.25, 0.3) is 0 Å². The van der Waals surface area contributed by atoms with Gasteiger partial charge in [0.15, 0.2) is 6.61 Å². The molecule has 1 aromatic rings. The van der Waals surface area contributed by atoms with Gasteiger partial charge in [0.2, 0.25) is 5.91 Å². The number of nitrogens with one attached hydrogen (secondary N) is 1. The van der Waals surface area contributed by atoms with E-state index in [4.69, 9.17) is 4.74 Å². The van der Waals surface area contributed by atoms with Crippen molar-refractivity contribution < 1.29 is 14.3 Å². The number of benzene rings is 1. The van der Waals surface area contributed by atoms with Gasteiger partial charge in [0, 0.05) is 19.0 Å². The first kappa shape index (κ1) is 21.2. The molecule has 150 valence electrons. The Balaban J connectivity index is 1.79. The Kier molecular flexibility index (Phi) is 8.10. The molecule has 6 nitrogen and oxygen atoms in total. The Morgan fingerprint density at radius 1 is 1.33 bits per heavy atom. The van der Waals surface area contributed by atoms with Gasteiger partial charge in [0.25, 0.3) is 5.91 Å². The van der Waals surface area contributed by atoms with Gasteiger partial charge in [-0.05, 0) is 64.0 Å². The summed E-state index contributed by atoms with van der Waals surface area (Å²) in [5.41, 5.74) is 1.83. The van der Waals surface area contributed by atoms with Crippen LogP contribution in [0.1, 0.15) is 45.6 Å². The number of anilines is 1. The van der Waals surface area contributed by atoms with E-state index in [0.29, 0.717) is 18.7 Å². The molecule has 0 radical (unpaired) electrons. The van der Waals surface area contributed by atoms with Crippen LogP contribution in [0.2, 0.25) is 0 Å². The lowest BCUT2D eigenvalue weighted by Crippen LogP contribution is -2.42. The highest BCUT2D eigenvalue weighted by Crippen LogP contribution is 2.32. The van der Waals surface area contributed by atoms with Crippen molar-refractivity contribution in [3.63, 3.8) is 0 Å². The summed E-state index contributed by atoms with van der Waals surface area (Å²) in [6.07, 6.45) is 2.32. The van der Waals surface area contributed by atoms with Crippen LogP contribution in [0.3, 0.4) is 0 Å². The second kappa shape index (κ2) is 10.3. The normalized spacial score (nSPS) is 14.7. The predicted molar refractivity (Wildman–Crippen MR) is 108 cm³/mol. The van der Waals surface area contributed by atoms with E-state index >= 15 is 0 Å². The van der Waals surface area contributed by atoms with Crippen molar-refractivity contribution in [2.45, 2.75) is 53.0 Å². The Morgan fingerprint density at radius 2 is 2.07 bits per heavy atom. The number of carbonyl (C=O) groups excluding carboxylic acids is 2. The fraction of sp³-hybridized carbons (Fsp3) is 0.619. The standard InChI is InChI=1S/C21H33N3O3/c1-5-23(6-2)12-7-8-17(4)22-20(25)11-13-24-18-10-9-16(3)14-19(18)27-15-21(24)26/h9-10,14,17H,5-8,11-13,15H2,1-4H3,(H,22,25)/t17-/m0/s1. The minimum absolute atomic E-state index is 0.0155. The first-order valence-corrected chi connectivity index (χ1v) is 10.00. The molecular formula is C21H33N3O3. The molecule has 1 aromatic carbocycles. The molecule has 1 aliphatic rings. The van der Waals surface area contributed by atoms with Crippen molar-refractivity contribution in [3.05, 3.63) is 23.8 Å². The zero-order chi connectivity index (χ0) is 19.8. The number of ether oxygens (including phenoxy) is 1. The van der Waals surface area contributed by atoms with Gasteiger partial charge >= 0.3 is 0 Å². The number of hydrogen-bond donors (Lipinski definition) is 1. The zero-order valence-corrected chi connectivity index (χ0v) is 17.1. The van der Waals surface area contributed by atoms with Gasteiger partial charge in [-0.2, -0.15) is 0 Å². The molecular weight excluding hydrogens is 342 g/mol. The van der Waals surface area contributed by atoms with E-state index in [1.807, 2.05) is 32.0 Å². The number of fused-ring (bicyclic) bond motifs is 1. The Hall–Kier alpha value is -2.08. The van der Waals surface area contributed by atoms with Crippen LogP contribution in [-0.2, 0) is 9.59 Å². The van der Waals surface area contributed by atoms with E-state index in [-0.39, 0.29) is 24.5 Å². The first-order chi connectivity index (χ1) is 12.9. The Labute approximate surface area is 162 Å². The van der Waals surface area contributed by atoms with E-state index in [1.165, 1.54) is 0 Å². The molecule has 1 aliphatic heterocycles. The van der Waals surface area contributed by atoms with Crippen molar-refractivity contribution >= 4 is 17.5 Å². The van der Waals surface area contributed by atoms with Crippen LogP contribution in [-0.4, -0.2) is 55.5 Å². The summed E-state index contributed by atoms with van der Waals surface area (Å²) >= 11 is 0. The Bertz CT molecular complexity index is 644. The van der Waals surface area contributed by atoms with Crippen LogP contribution >= 0.6 is 0 Å². The highest BCUT2D eigenvalue weighted by Gasteiger charge is 2.25. The van der Waals surface area contributed by atoms with Crippen LogP contribution in [0.15, 0.2) is 18.2 Å². The number of carbonyl (C=O) groups is 2. The third-order valence-electron chi connectivity index (χ3n) is 5.03.